The van der Waals surface area contributed by atoms with Gasteiger partial charge in [-0.2, -0.15) is 17.7 Å². The first-order valence-corrected chi connectivity index (χ1v) is 7.79. The van der Waals surface area contributed by atoms with Crippen LogP contribution in [0.15, 0.2) is 45.6 Å². The van der Waals surface area contributed by atoms with Crippen LogP contribution in [-0.2, 0) is 10.3 Å². The van der Waals surface area contributed by atoms with Gasteiger partial charge in [-0.05, 0) is 24.3 Å². The summed E-state index contributed by atoms with van der Waals surface area (Å²) in [4.78, 5) is 4.18. The minimum absolute atomic E-state index is 0.182. The predicted octanol–water partition coefficient (Wildman–Crippen LogP) is 1.58. The van der Waals surface area contributed by atoms with Gasteiger partial charge in [0.15, 0.2) is 0 Å². The Labute approximate surface area is 131 Å². The number of aromatic nitrogens is 3. The molecule has 0 radical (unpaired) electrons. The smallest absolute Gasteiger partial charge is 0.371 e. The predicted molar refractivity (Wildman–Crippen MR) is 78.5 cm³/mol. The summed E-state index contributed by atoms with van der Waals surface area (Å²) in [6.07, 6.45) is 1.47. The van der Waals surface area contributed by atoms with Gasteiger partial charge < -0.3 is 13.2 Å². The van der Waals surface area contributed by atoms with Crippen molar-refractivity contribution in [1.29, 1.82) is 0 Å². The van der Waals surface area contributed by atoms with Crippen molar-refractivity contribution in [2.75, 3.05) is 14.1 Å². The molecular weight excluding hydrogens is 324 g/mol. The largest absolute Gasteiger partial charge is 0.384 e. The fourth-order valence-electron chi connectivity index (χ4n) is 1.62. The van der Waals surface area contributed by atoms with Crippen molar-refractivity contribution < 1.29 is 21.6 Å². The molecule has 2 heterocycles. The van der Waals surface area contributed by atoms with Crippen molar-refractivity contribution in [3.63, 3.8) is 0 Å². The molecule has 0 fully saturated rings. The third-order valence-corrected chi connectivity index (χ3v) is 4.13. The van der Waals surface area contributed by atoms with Gasteiger partial charge in [-0.25, -0.2) is 0 Å². The van der Waals surface area contributed by atoms with Crippen LogP contribution in [0, 0.1) is 0 Å². The number of nitrogens with zero attached hydrogens (tertiary/aromatic N) is 4. The Balaban J connectivity index is 1.80. The van der Waals surface area contributed by atoms with Crippen LogP contribution >= 0.6 is 0 Å². The average molecular weight is 336 g/mol. The van der Waals surface area contributed by atoms with Crippen molar-refractivity contribution >= 4 is 10.3 Å². The van der Waals surface area contributed by atoms with Gasteiger partial charge >= 0.3 is 10.3 Å². The Morgan fingerprint density at radius 2 is 1.83 bits per heavy atom. The summed E-state index contributed by atoms with van der Waals surface area (Å²) in [7, 11) is -1.02. The molecule has 3 aromatic rings. The lowest BCUT2D eigenvalue weighted by Gasteiger charge is -2.11. The second kappa shape index (κ2) is 5.82. The maximum absolute atomic E-state index is 11.6. The highest BCUT2D eigenvalue weighted by molar-refractivity contribution is 7.84. The molecule has 0 aliphatic heterocycles. The Hall–Kier alpha value is -2.72. The molecule has 0 spiro atoms. The Kier molecular flexibility index (Phi) is 3.84. The number of hydrogen-bond donors (Lipinski definition) is 0. The molecule has 0 saturated carbocycles. The van der Waals surface area contributed by atoms with Crippen molar-refractivity contribution in [3.05, 3.63) is 36.5 Å². The van der Waals surface area contributed by atoms with Crippen molar-refractivity contribution in [2.45, 2.75) is 0 Å². The fraction of sp³-hybridized carbons (Fsp3) is 0.154. The van der Waals surface area contributed by atoms with Crippen LogP contribution in [0.1, 0.15) is 0 Å². The van der Waals surface area contributed by atoms with E-state index in [4.69, 9.17) is 13.2 Å². The lowest BCUT2D eigenvalue weighted by Crippen LogP contribution is -2.26. The molecular formula is C13H12N4O5S. The van der Waals surface area contributed by atoms with Crippen molar-refractivity contribution in [1.82, 2.24) is 19.6 Å². The third kappa shape index (κ3) is 3.22. The Morgan fingerprint density at radius 1 is 1.09 bits per heavy atom. The number of hydrogen-bond acceptors (Lipinski definition) is 8. The second-order valence-electron chi connectivity index (χ2n) is 4.65. The SMILES string of the molecule is CN(C)S(=O)(=O)Oc1ccc(-c2noc(-c3ccno3)n2)cc1. The first-order valence-electron chi connectivity index (χ1n) is 6.43. The summed E-state index contributed by atoms with van der Waals surface area (Å²) in [6.45, 7) is 0. The number of benzene rings is 1. The van der Waals surface area contributed by atoms with E-state index in [1.54, 1.807) is 18.2 Å². The monoisotopic (exact) mass is 336 g/mol. The van der Waals surface area contributed by atoms with Gasteiger partial charge in [0.05, 0.1) is 6.20 Å². The van der Waals surface area contributed by atoms with E-state index < -0.39 is 10.3 Å². The van der Waals surface area contributed by atoms with Crippen molar-refractivity contribution in [3.8, 4) is 28.8 Å². The maximum Gasteiger partial charge on any atom is 0.384 e. The average Bonchev–Trinajstić information content (AvgIpc) is 3.19. The minimum Gasteiger partial charge on any atom is -0.371 e. The van der Waals surface area contributed by atoms with E-state index in [0.717, 1.165) is 4.31 Å². The van der Waals surface area contributed by atoms with Gasteiger partial charge in [0, 0.05) is 25.7 Å². The van der Waals surface area contributed by atoms with Crippen LogP contribution in [0.2, 0.25) is 0 Å². The molecule has 23 heavy (non-hydrogen) atoms. The number of rotatable bonds is 5. The normalized spacial score (nSPS) is 11.8. The molecule has 2 aromatic heterocycles. The quantitative estimate of drug-likeness (QED) is 0.690. The van der Waals surface area contributed by atoms with E-state index in [1.165, 1.54) is 32.4 Å². The standard InChI is InChI=1S/C13H12N4O5S/c1-17(2)23(18,19)22-10-5-3-9(4-6-10)12-15-13(21-16-12)11-7-8-14-20-11/h3-8H,1-2H3. The molecule has 10 heteroatoms. The van der Waals surface area contributed by atoms with E-state index in [1.807, 2.05) is 0 Å². The zero-order valence-corrected chi connectivity index (χ0v) is 13.0. The highest BCUT2D eigenvalue weighted by Gasteiger charge is 2.17. The summed E-state index contributed by atoms with van der Waals surface area (Å²) in [5.41, 5.74) is 0.633. The summed E-state index contributed by atoms with van der Waals surface area (Å²) >= 11 is 0. The van der Waals surface area contributed by atoms with Crippen LogP contribution in [0.25, 0.3) is 23.0 Å². The molecule has 1 aromatic carbocycles. The minimum atomic E-state index is -3.79. The first kappa shape index (κ1) is 15.2. The highest BCUT2D eigenvalue weighted by atomic mass is 32.2. The summed E-state index contributed by atoms with van der Waals surface area (Å²) in [5, 5.41) is 7.39. The lowest BCUT2D eigenvalue weighted by atomic mass is 10.2. The van der Waals surface area contributed by atoms with Gasteiger partial charge in [0.2, 0.25) is 11.6 Å². The molecule has 0 aliphatic carbocycles. The molecule has 0 saturated heterocycles. The topological polar surface area (TPSA) is 112 Å². The summed E-state index contributed by atoms with van der Waals surface area (Å²) in [6, 6.07) is 7.84. The van der Waals surface area contributed by atoms with Crippen LogP contribution in [0.4, 0.5) is 0 Å². The van der Waals surface area contributed by atoms with Crippen LogP contribution in [0.5, 0.6) is 5.75 Å². The fourth-order valence-corrected chi connectivity index (χ4v) is 2.13. The van der Waals surface area contributed by atoms with E-state index in [-0.39, 0.29) is 11.6 Å². The van der Waals surface area contributed by atoms with E-state index in [2.05, 4.69) is 15.3 Å². The van der Waals surface area contributed by atoms with Gasteiger partial charge in [-0.3, -0.25) is 0 Å². The molecule has 0 bridgehead atoms. The zero-order chi connectivity index (χ0) is 16.4. The van der Waals surface area contributed by atoms with Gasteiger partial charge in [0.25, 0.3) is 5.89 Å². The molecule has 120 valence electrons. The molecule has 0 amide bonds. The maximum atomic E-state index is 11.6. The van der Waals surface area contributed by atoms with Gasteiger partial charge in [0.1, 0.15) is 5.75 Å². The van der Waals surface area contributed by atoms with Gasteiger partial charge in [-0.1, -0.05) is 10.3 Å². The molecule has 0 aliphatic rings. The highest BCUT2D eigenvalue weighted by Crippen LogP contribution is 2.24. The van der Waals surface area contributed by atoms with Crippen LogP contribution in [0.3, 0.4) is 0 Å². The van der Waals surface area contributed by atoms with Crippen molar-refractivity contribution in [2.24, 2.45) is 0 Å². The molecule has 9 nitrogen and oxygen atoms in total. The van der Waals surface area contributed by atoms with E-state index in [0.29, 0.717) is 17.1 Å². The lowest BCUT2D eigenvalue weighted by molar-refractivity contribution is 0.385. The third-order valence-electron chi connectivity index (χ3n) is 2.84. The summed E-state index contributed by atoms with van der Waals surface area (Å²) < 4.78 is 39.2. The molecule has 0 N–H and O–H groups in total. The van der Waals surface area contributed by atoms with Gasteiger partial charge in [-0.15, -0.1) is 0 Å². The molecule has 0 atom stereocenters. The zero-order valence-electron chi connectivity index (χ0n) is 12.2. The molecule has 0 unspecified atom stereocenters. The van der Waals surface area contributed by atoms with Crippen LogP contribution in [-0.4, -0.2) is 42.1 Å². The first-order chi connectivity index (χ1) is 11.0. The van der Waals surface area contributed by atoms with E-state index >= 15 is 0 Å². The Morgan fingerprint density at radius 3 is 2.43 bits per heavy atom. The Bertz CT molecular complexity index is 885. The second-order valence-corrected chi connectivity index (χ2v) is 6.40. The molecule has 3 rings (SSSR count). The van der Waals surface area contributed by atoms with Crippen LogP contribution < -0.4 is 4.18 Å². The summed E-state index contributed by atoms with van der Waals surface area (Å²) in [5.74, 6) is 1.08. The van der Waals surface area contributed by atoms with E-state index in [9.17, 15) is 8.42 Å².